The van der Waals surface area contributed by atoms with Crippen LogP contribution in [0.2, 0.25) is 0 Å². The number of carbonyl (C=O) groups excluding carboxylic acids is 1. The molecule has 27 heavy (non-hydrogen) atoms. The summed E-state index contributed by atoms with van der Waals surface area (Å²) in [5.41, 5.74) is 2.63. The zero-order valence-corrected chi connectivity index (χ0v) is 14.5. The largest absolute Gasteiger partial charge is 0.573 e. The van der Waals surface area contributed by atoms with Gasteiger partial charge in [0.05, 0.1) is 17.8 Å². The number of nitrogens with zero attached hydrogens (tertiary/aromatic N) is 3. The highest BCUT2D eigenvalue weighted by molar-refractivity contribution is 6.01. The molecule has 2 aromatic rings. The molecular formula is C19H18F3N3O2. The number of hydrogen-bond acceptors (Lipinski definition) is 4. The quantitative estimate of drug-likeness (QED) is 0.803. The Hall–Kier alpha value is -2.61. The van der Waals surface area contributed by atoms with E-state index >= 15 is 0 Å². The normalized spacial score (nSPS) is 17.0. The minimum Gasteiger partial charge on any atom is -0.406 e. The van der Waals surface area contributed by atoms with E-state index in [1.807, 2.05) is 6.07 Å². The second kappa shape index (κ2) is 6.84. The van der Waals surface area contributed by atoms with Crippen molar-refractivity contribution in [3.63, 3.8) is 0 Å². The van der Waals surface area contributed by atoms with E-state index < -0.39 is 6.36 Å². The number of rotatable bonds is 5. The molecule has 0 N–H and O–H groups in total. The fourth-order valence-corrected chi connectivity index (χ4v) is 3.35. The van der Waals surface area contributed by atoms with E-state index in [1.54, 1.807) is 17.2 Å². The molecule has 2 aliphatic heterocycles. The molecule has 0 spiro atoms. The minimum atomic E-state index is -4.74. The second-order valence-corrected chi connectivity index (χ2v) is 6.68. The number of fused-ring (bicyclic) bond motifs is 1. The molecule has 3 heterocycles. The lowest BCUT2D eigenvalue weighted by molar-refractivity contribution is -0.274. The highest BCUT2D eigenvalue weighted by Crippen LogP contribution is 2.33. The van der Waals surface area contributed by atoms with E-state index in [-0.39, 0.29) is 18.1 Å². The first-order valence-corrected chi connectivity index (χ1v) is 8.77. The second-order valence-electron chi connectivity index (χ2n) is 6.68. The van der Waals surface area contributed by atoms with Crippen molar-refractivity contribution in [2.45, 2.75) is 19.2 Å². The average Bonchev–Trinajstić information content (AvgIpc) is 2.87. The van der Waals surface area contributed by atoms with Crippen molar-refractivity contribution >= 4 is 11.6 Å². The van der Waals surface area contributed by atoms with Crippen LogP contribution in [0.1, 0.15) is 12.1 Å². The first kappa shape index (κ1) is 17.8. The SMILES string of the molecule is O=C1Cc2ncc(-c3cccc(OC(F)(F)F)c3)cc2N1CCN1CCC1. The van der Waals surface area contributed by atoms with E-state index in [9.17, 15) is 18.0 Å². The number of carbonyl (C=O) groups is 1. The van der Waals surface area contributed by atoms with Crippen LogP contribution >= 0.6 is 0 Å². The van der Waals surface area contributed by atoms with Gasteiger partial charge in [-0.1, -0.05) is 12.1 Å². The van der Waals surface area contributed by atoms with Gasteiger partial charge in [-0.15, -0.1) is 13.2 Å². The Balaban J connectivity index is 1.58. The summed E-state index contributed by atoms with van der Waals surface area (Å²) < 4.78 is 41.3. The summed E-state index contributed by atoms with van der Waals surface area (Å²) >= 11 is 0. The van der Waals surface area contributed by atoms with Gasteiger partial charge in [-0.05, 0) is 43.3 Å². The number of aromatic nitrogens is 1. The van der Waals surface area contributed by atoms with E-state index in [0.29, 0.717) is 23.4 Å². The van der Waals surface area contributed by atoms with Gasteiger partial charge in [-0.3, -0.25) is 9.78 Å². The molecule has 142 valence electrons. The molecule has 0 saturated carbocycles. The van der Waals surface area contributed by atoms with E-state index in [4.69, 9.17) is 0 Å². The molecule has 1 saturated heterocycles. The highest BCUT2D eigenvalue weighted by Gasteiger charge is 2.32. The van der Waals surface area contributed by atoms with Gasteiger partial charge >= 0.3 is 6.36 Å². The van der Waals surface area contributed by atoms with Crippen LogP contribution in [0.3, 0.4) is 0 Å². The first-order valence-electron chi connectivity index (χ1n) is 8.77. The zero-order chi connectivity index (χ0) is 19.0. The number of benzene rings is 1. The van der Waals surface area contributed by atoms with Gasteiger partial charge in [0.25, 0.3) is 0 Å². The van der Waals surface area contributed by atoms with Crippen LogP contribution in [0.25, 0.3) is 11.1 Å². The lowest BCUT2D eigenvalue weighted by atomic mass is 10.1. The average molecular weight is 377 g/mol. The number of ether oxygens (including phenoxy) is 1. The summed E-state index contributed by atoms with van der Waals surface area (Å²) in [7, 11) is 0. The lowest BCUT2D eigenvalue weighted by Gasteiger charge is -2.32. The molecule has 1 aromatic carbocycles. The number of amides is 1. The van der Waals surface area contributed by atoms with Gasteiger partial charge in [-0.2, -0.15) is 0 Å². The Morgan fingerprint density at radius 1 is 1.11 bits per heavy atom. The molecule has 5 nitrogen and oxygen atoms in total. The third kappa shape index (κ3) is 3.90. The molecule has 1 amide bonds. The van der Waals surface area contributed by atoms with E-state index in [1.165, 1.54) is 24.6 Å². The Morgan fingerprint density at radius 3 is 2.63 bits per heavy atom. The van der Waals surface area contributed by atoms with Gasteiger partial charge in [0.1, 0.15) is 5.75 Å². The van der Waals surface area contributed by atoms with Crippen molar-refractivity contribution in [1.29, 1.82) is 0 Å². The van der Waals surface area contributed by atoms with Crippen LogP contribution < -0.4 is 9.64 Å². The molecule has 1 fully saturated rings. The zero-order valence-electron chi connectivity index (χ0n) is 14.5. The van der Waals surface area contributed by atoms with Crippen molar-refractivity contribution in [3.8, 4) is 16.9 Å². The molecule has 0 radical (unpaired) electrons. The van der Waals surface area contributed by atoms with Gasteiger partial charge in [0.2, 0.25) is 5.91 Å². The van der Waals surface area contributed by atoms with Crippen LogP contribution in [0.4, 0.5) is 18.9 Å². The van der Waals surface area contributed by atoms with Crippen LogP contribution in [-0.2, 0) is 11.2 Å². The number of hydrogen-bond donors (Lipinski definition) is 0. The fourth-order valence-electron chi connectivity index (χ4n) is 3.35. The molecule has 2 aliphatic rings. The maximum atomic E-state index is 12.5. The maximum absolute atomic E-state index is 12.5. The van der Waals surface area contributed by atoms with Gasteiger partial charge in [-0.25, -0.2) is 0 Å². The number of alkyl halides is 3. The minimum absolute atomic E-state index is 0.00401. The first-order chi connectivity index (χ1) is 12.9. The molecule has 0 atom stereocenters. The third-order valence-electron chi connectivity index (χ3n) is 4.85. The van der Waals surface area contributed by atoms with Gasteiger partial charge in [0, 0.05) is 24.8 Å². The molecule has 4 rings (SSSR count). The summed E-state index contributed by atoms with van der Waals surface area (Å²) in [6, 6.07) is 7.57. The summed E-state index contributed by atoms with van der Waals surface area (Å²) in [6.07, 6.45) is -1.72. The monoisotopic (exact) mass is 377 g/mol. The Kier molecular flexibility index (Phi) is 4.51. The molecule has 0 unspecified atom stereocenters. The van der Waals surface area contributed by atoms with Crippen molar-refractivity contribution in [3.05, 3.63) is 42.2 Å². The maximum Gasteiger partial charge on any atom is 0.573 e. The molecular weight excluding hydrogens is 359 g/mol. The Morgan fingerprint density at radius 2 is 1.93 bits per heavy atom. The lowest BCUT2D eigenvalue weighted by Crippen LogP contribution is -2.43. The number of halogens is 3. The smallest absolute Gasteiger partial charge is 0.406 e. The molecule has 0 aliphatic carbocycles. The predicted molar refractivity (Wildman–Crippen MR) is 93.5 cm³/mol. The summed E-state index contributed by atoms with van der Waals surface area (Å²) in [5, 5.41) is 0. The molecule has 0 bridgehead atoms. The Labute approximate surface area is 154 Å². The van der Waals surface area contributed by atoms with Crippen molar-refractivity contribution < 1.29 is 22.7 Å². The van der Waals surface area contributed by atoms with Crippen molar-refractivity contribution in [2.24, 2.45) is 0 Å². The highest BCUT2D eigenvalue weighted by atomic mass is 19.4. The molecule has 1 aromatic heterocycles. The van der Waals surface area contributed by atoms with Crippen LogP contribution in [0, 0.1) is 0 Å². The summed E-state index contributed by atoms with van der Waals surface area (Å²) in [5.74, 6) is -0.282. The van der Waals surface area contributed by atoms with Crippen LogP contribution in [-0.4, -0.2) is 48.3 Å². The van der Waals surface area contributed by atoms with Crippen LogP contribution in [0.5, 0.6) is 5.75 Å². The predicted octanol–water partition coefficient (Wildman–Crippen LogP) is 3.24. The fraction of sp³-hybridized carbons (Fsp3) is 0.368. The third-order valence-corrected chi connectivity index (χ3v) is 4.85. The van der Waals surface area contributed by atoms with Gasteiger partial charge < -0.3 is 14.5 Å². The van der Waals surface area contributed by atoms with E-state index in [0.717, 1.165) is 25.3 Å². The summed E-state index contributed by atoms with van der Waals surface area (Å²) in [4.78, 5) is 20.7. The number of pyridine rings is 1. The number of likely N-dealkylation sites (tertiary alicyclic amines) is 1. The number of anilines is 1. The summed E-state index contributed by atoms with van der Waals surface area (Å²) in [6.45, 7) is 3.51. The van der Waals surface area contributed by atoms with Crippen molar-refractivity contribution in [2.75, 3.05) is 31.1 Å². The standard InChI is InChI=1S/C19H18F3N3O2/c20-19(21,22)27-15-4-1-3-13(9-15)14-10-17-16(23-12-14)11-18(26)25(17)8-7-24-5-2-6-24/h1,3-4,9-10,12H,2,5-8,11H2. The Bertz CT molecular complexity index is 866. The van der Waals surface area contributed by atoms with Crippen LogP contribution in [0.15, 0.2) is 36.5 Å². The van der Waals surface area contributed by atoms with Gasteiger partial charge in [0.15, 0.2) is 0 Å². The topological polar surface area (TPSA) is 45.7 Å². The van der Waals surface area contributed by atoms with E-state index in [2.05, 4.69) is 14.6 Å². The van der Waals surface area contributed by atoms with Crippen molar-refractivity contribution in [1.82, 2.24) is 9.88 Å². The molecule has 8 heteroatoms.